The van der Waals surface area contributed by atoms with E-state index in [4.69, 9.17) is 20.2 Å². The smallest absolute Gasteiger partial charge is 0.166 e. The Labute approximate surface area is 382 Å². The fourth-order valence-corrected chi connectivity index (χ4v) is 11.4. The van der Waals surface area contributed by atoms with Crippen LogP contribution in [0.5, 0.6) is 0 Å². The maximum atomic E-state index is 5.17. The van der Waals surface area contributed by atoms with Crippen LogP contribution in [0.25, 0.3) is 119 Å². The van der Waals surface area contributed by atoms with Crippen molar-refractivity contribution < 1.29 is 0 Å². The first-order valence-corrected chi connectivity index (χ1v) is 23.3. The Balaban J connectivity index is 0.790. The van der Waals surface area contributed by atoms with Gasteiger partial charge in [0.05, 0.1) is 11.4 Å². The molecule has 0 unspecified atom stereocenters. The van der Waals surface area contributed by atoms with Gasteiger partial charge in [-0.25, -0.2) is 9.97 Å². The molecule has 306 valence electrons. The van der Waals surface area contributed by atoms with E-state index >= 15 is 0 Å². The number of pyridine rings is 2. The van der Waals surface area contributed by atoms with Gasteiger partial charge in [-0.1, -0.05) is 170 Å². The van der Waals surface area contributed by atoms with Gasteiger partial charge in [0.2, 0.25) is 0 Å². The minimum atomic E-state index is -0.255. The van der Waals surface area contributed by atoms with Crippen LogP contribution in [0.3, 0.4) is 0 Å². The molecule has 1 aliphatic rings. The Kier molecular flexibility index (Phi) is 8.50. The standard InChI is InChI=1S/C57H36N6S2/c1-57(2)47-31-35(53-60-62-55(64-53)51-23-11-21-49(58-51)45-29-33-13-3-5-15-37(33)39-17-7-9-19-41(39)45)25-27-43(47)44-28-26-36(32-48(44)57)54-61-63-56(65-54)52-24-12-22-50(59-52)46-30-34-14-4-6-16-38(34)40-18-8-10-20-42(40)46/h3-32H,1-2H3. The summed E-state index contributed by atoms with van der Waals surface area (Å²) >= 11 is 3.15. The van der Waals surface area contributed by atoms with E-state index in [1.165, 1.54) is 65.3 Å². The highest BCUT2D eigenvalue weighted by Crippen LogP contribution is 2.51. The Morgan fingerprint density at radius 2 is 0.708 bits per heavy atom. The van der Waals surface area contributed by atoms with E-state index in [1.807, 2.05) is 12.1 Å². The van der Waals surface area contributed by atoms with Crippen LogP contribution in [-0.4, -0.2) is 30.4 Å². The fourth-order valence-electron chi connectivity index (χ4n) is 9.83. The first kappa shape index (κ1) is 37.7. The van der Waals surface area contributed by atoms with E-state index in [2.05, 4.69) is 194 Å². The predicted molar refractivity (Wildman–Crippen MR) is 269 cm³/mol. The zero-order valence-electron chi connectivity index (χ0n) is 35.3. The summed E-state index contributed by atoms with van der Waals surface area (Å²) in [6.07, 6.45) is 0. The van der Waals surface area contributed by atoms with Crippen molar-refractivity contribution in [3.05, 3.63) is 193 Å². The van der Waals surface area contributed by atoms with Crippen molar-refractivity contribution >= 4 is 65.8 Å². The molecule has 13 rings (SSSR count). The van der Waals surface area contributed by atoms with Gasteiger partial charge in [0.1, 0.15) is 21.4 Å². The zero-order chi connectivity index (χ0) is 43.2. The number of fused-ring (bicyclic) bond motifs is 9. The second-order valence-electron chi connectivity index (χ2n) is 17.2. The Bertz CT molecular complexity index is 3650. The third-order valence-corrected chi connectivity index (χ3v) is 15.0. The monoisotopic (exact) mass is 868 g/mol. The average Bonchev–Trinajstić information content (AvgIpc) is 4.12. The van der Waals surface area contributed by atoms with Gasteiger partial charge in [0.15, 0.2) is 10.0 Å². The summed E-state index contributed by atoms with van der Waals surface area (Å²) in [5.41, 5.74) is 12.5. The molecule has 0 saturated heterocycles. The second kappa shape index (κ2) is 14.6. The summed E-state index contributed by atoms with van der Waals surface area (Å²) in [6, 6.07) is 64.5. The minimum absolute atomic E-state index is 0.255. The maximum absolute atomic E-state index is 5.17. The molecule has 8 aromatic carbocycles. The van der Waals surface area contributed by atoms with Crippen LogP contribution in [0.1, 0.15) is 25.0 Å². The van der Waals surface area contributed by atoms with Gasteiger partial charge in [-0.3, -0.25) is 0 Å². The van der Waals surface area contributed by atoms with E-state index in [1.54, 1.807) is 22.7 Å². The Morgan fingerprint density at radius 3 is 1.17 bits per heavy atom. The molecule has 8 heteroatoms. The van der Waals surface area contributed by atoms with Crippen LogP contribution in [0, 0.1) is 0 Å². The maximum Gasteiger partial charge on any atom is 0.166 e. The van der Waals surface area contributed by atoms with Crippen molar-refractivity contribution in [1.29, 1.82) is 0 Å². The largest absolute Gasteiger partial charge is 0.245 e. The molecule has 4 heterocycles. The summed E-state index contributed by atoms with van der Waals surface area (Å²) < 4.78 is 0. The van der Waals surface area contributed by atoms with Gasteiger partial charge in [-0.2, -0.15) is 0 Å². The molecule has 65 heavy (non-hydrogen) atoms. The van der Waals surface area contributed by atoms with E-state index in [0.717, 1.165) is 65.1 Å². The van der Waals surface area contributed by atoms with Gasteiger partial charge < -0.3 is 0 Å². The molecule has 0 bridgehead atoms. The zero-order valence-corrected chi connectivity index (χ0v) is 37.0. The topological polar surface area (TPSA) is 77.3 Å². The third kappa shape index (κ3) is 6.13. The molecule has 4 aromatic heterocycles. The summed E-state index contributed by atoms with van der Waals surface area (Å²) in [6.45, 7) is 4.61. The molecule has 1 aliphatic carbocycles. The number of aromatic nitrogens is 6. The fraction of sp³-hybridized carbons (Fsp3) is 0.0526. The highest BCUT2D eigenvalue weighted by atomic mass is 32.1. The van der Waals surface area contributed by atoms with E-state index in [0.29, 0.717) is 0 Å². The molecule has 0 atom stereocenters. The van der Waals surface area contributed by atoms with Crippen LogP contribution < -0.4 is 0 Å². The Hall–Kier alpha value is -7.78. The highest BCUT2D eigenvalue weighted by molar-refractivity contribution is 7.18. The lowest BCUT2D eigenvalue weighted by molar-refractivity contribution is 0.661. The predicted octanol–water partition coefficient (Wildman–Crippen LogP) is 15.1. The van der Waals surface area contributed by atoms with Gasteiger partial charge in [-0.15, -0.1) is 20.4 Å². The first-order chi connectivity index (χ1) is 31.9. The molecule has 0 aliphatic heterocycles. The molecule has 0 radical (unpaired) electrons. The SMILES string of the molecule is CC1(C)c2cc(-c3nnc(-c4cccc(-c5cc6ccccc6c6ccccc56)n4)s3)ccc2-c2ccc(-c3nnc(-c4cccc(-c5cc6ccccc6c6ccccc56)n4)s3)cc21. The molecule has 0 N–H and O–H groups in total. The van der Waals surface area contributed by atoms with Crippen LogP contribution in [0.4, 0.5) is 0 Å². The van der Waals surface area contributed by atoms with Crippen molar-refractivity contribution in [2.24, 2.45) is 0 Å². The number of rotatable bonds is 6. The summed E-state index contributed by atoms with van der Waals surface area (Å²) in [4.78, 5) is 10.3. The number of nitrogens with zero attached hydrogens (tertiary/aromatic N) is 6. The van der Waals surface area contributed by atoms with Crippen LogP contribution >= 0.6 is 22.7 Å². The van der Waals surface area contributed by atoms with E-state index < -0.39 is 0 Å². The van der Waals surface area contributed by atoms with Crippen molar-refractivity contribution in [2.45, 2.75) is 19.3 Å². The van der Waals surface area contributed by atoms with Gasteiger partial charge >= 0.3 is 0 Å². The molecular formula is C57H36N6S2. The lowest BCUT2D eigenvalue weighted by Crippen LogP contribution is -2.15. The average molecular weight is 869 g/mol. The van der Waals surface area contributed by atoms with Crippen molar-refractivity contribution in [3.8, 4) is 76.2 Å². The van der Waals surface area contributed by atoms with Gasteiger partial charge in [0, 0.05) is 27.7 Å². The first-order valence-electron chi connectivity index (χ1n) is 21.7. The van der Waals surface area contributed by atoms with Crippen molar-refractivity contribution in [3.63, 3.8) is 0 Å². The number of hydrogen-bond acceptors (Lipinski definition) is 8. The molecule has 12 aromatic rings. The van der Waals surface area contributed by atoms with Gasteiger partial charge in [-0.05, 0) is 114 Å². The van der Waals surface area contributed by atoms with E-state index in [9.17, 15) is 0 Å². The summed E-state index contributed by atoms with van der Waals surface area (Å²) in [5.74, 6) is 0. The quantitative estimate of drug-likeness (QED) is 0.155. The Morgan fingerprint density at radius 1 is 0.323 bits per heavy atom. The van der Waals surface area contributed by atoms with Crippen LogP contribution in [0.2, 0.25) is 0 Å². The minimum Gasteiger partial charge on any atom is -0.245 e. The normalized spacial score (nSPS) is 12.9. The molecular weight excluding hydrogens is 833 g/mol. The van der Waals surface area contributed by atoms with Crippen LogP contribution in [-0.2, 0) is 5.41 Å². The number of benzene rings is 8. The highest BCUT2D eigenvalue weighted by Gasteiger charge is 2.36. The number of hydrogen-bond donors (Lipinski definition) is 0. The third-order valence-electron chi connectivity index (χ3n) is 13.0. The summed E-state index contributed by atoms with van der Waals surface area (Å²) in [7, 11) is 0. The molecule has 0 fully saturated rings. The summed E-state index contributed by atoms with van der Waals surface area (Å²) in [5, 5.41) is 31.8. The van der Waals surface area contributed by atoms with Gasteiger partial charge in [0.25, 0.3) is 0 Å². The lowest BCUT2D eigenvalue weighted by atomic mass is 9.81. The van der Waals surface area contributed by atoms with Crippen LogP contribution in [0.15, 0.2) is 182 Å². The molecule has 0 amide bonds. The second-order valence-corrected chi connectivity index (χ2v) is 19.1. The van der Waals surface area contributed by atoms with Crippen molar-refractivity contribution in [2.75, 3.05) is 0 Å². The van der Waals surface area contributed by atoms with E-state index in [-0.39, 0.29) is 5.41 Å². The molecule has 6 nitrogen and oxygen atoms in total. The molecule has 0 spiro atoms. The molecule has 0 saturated carbocycles. The van der Waals surface area contributed by atoms with Crippen molar-refractivity contribution in [1.82, 2.24) is 30.4 Å². The lowest BCUT2D eigenvalue weighted by Gasteiger charge is -2.22.